The van der Waals surface area contributed by atoms with Gasteiger partial charge in [0.05, 0.1) is 16.6 Å². The first-order valence-electron chi connectivity index (χ1n) is 11.7. The maximum absolute atomic E-state index is 14.1. The number of halogens is 1. The summed E-state index contributed by atoms with van der Waals surface area (Å²) in [6.45, 7) is 0. The van der Waals surface area contributed by atoms with Crippen molar-refractivity contribution >= 4 is 26.8 Å². The molecule has 1 heterocycles. The predicted molar refractivity (Wildman–Crippen MR) is 151 cm³/mol. The summed E-state index contributed by atoms with van der Waals surface area (Å²) in [6, 6.07) is 42.1. The van der Waals surface area contributed by atoms with Crippen LogP contribution in [0, 0.1) is 0 Å². The van der Waals surface area contributed by atoms with E-state index in [1.165, 1.54) is 0 Å². The minimum atomic E-state index is -0.0964. The van der Waals surface area contributed by atoms with E-state index in [1.54, 1.807) is 4.57 Å². The van der Waals surface area contributed by atoms with Gasteiger partial charge in [-0.05, 0) is 58.7 Å². The van der Waals surface area contributed by atoms with Crippen molar-refractivity contribution in [1.82, 2.24) is 9.55 Å². The van der Waals surface area contributed by atoms with Crippen LogP contribution < -0.4 is 5.56 Å². The molecule has 0 aliphatic rings. The lowest BCUT2D eigenvalue weighted by Gasteiger charge is -2.16. The van der Waals surface area contributed by atoms with E-state index in [0.29, 0.717) is 16.7 Å². The van der Waals surface area contributed by atoms with E-state index < -0.39 is 0 Å². The molecular weight excluding hydrogens is 508 g/mol. The Morgan fingerprint density at radius 1 is 0.556 bits per heavy atom. The van der Waals surface area contributed by atoms with Crippen LogP contribution in [0.2, 0.25) is 0 Å². The van der Waals surface area contributed by atoms with E-state index in [0.717, 1.165) is 38.0 Å². The fraction of sp³-hybridized carbons (Fsp3) is 0. The number of hydrogen-bond donors (Lipinski definition) is 0. The molecule has 0 N–H and O–H groups in total. The number of rotatable bonds is 4. The zero-order chi connectivity index (χ0) is 24.5. The number of hydrogen-bond acceptors (Lipinski definition) is 2. The molecule has 0 saturated heterocycles. The Kier molecular flexibility index (Phi) is 5.80. The van der Waals surface area contributed by atoms with Gasteiger partial charge in [-0.3, -0.25) is 9.36 Å². The van der Waals surface area contributed by atoms with Gasteiger partial charge < -0.3 is 0 Å². The first-order chi connectivity index (χ1) is 17.7. The normalized spacial score (nSPS) is 11.0. The van der Waals surface area contributed by atoms with Crippen molar-refractivity contribution in [2.24, 2.45) is 0 Å². The molecule has 0 aliphatic carbocycles. The maximum Gasteiger partial charge on any atom is 0.266 e. The lowest BCUT2D eigenvalue weighted by molar-refractivity contribution is 0.976. The average molecular weight is 529 g/mol. The third-order valence-electron chi connectivity index (χ3n) is 6.29. The molecule has 4 heteroatoms. The minimum absolute atomic E-state index is 0.0964. The van der Waals surface area contributed by atoms with Gasteiger partial charge in [0.1, 0.15) is 5.82 Å². The van der Waals surface area contributed by atoms with Gasteiger partial charge >= 0.3 is 0 Å². The molecule has 0 radical (unpaired) electrons. The van der Waals surface area contributed by atoms with Crippen molar-refractivity contribution in [1.29, 1.82) is 0 Å². The number of fused-ring (bicyclic) bond motifs is 1. The van der Waals surface area contributed by atoms with E-state index in [1.807, 2.05) is 109 Å². The lowest BCUT2D eigenvalue weighted by Crippen LogP contribution is -2.22. The maximum atomic E-state index is 14.1. The standard InChI is InChI=1S/C32H21BrN2O/c33-27-17-14-24(15-18-27)31-34-30-19-16-26(23-10-5-2-6-11-23)21-29(30)32(36)35(31)28-13-7-12-25(20-28)22-8-3-1-4-9-22/h1-21H. The monoisotopic (exact) mass is 528 g/mol. The van der Waals surface area contributed by atoms with Gasteiger partial charge in [0, 0.05) is 10.0 Å². The molecule has 6 rings (SSSR count). The van der Waals surface area contributed by atoms with Gasteiger partial charge in [0.2, 0.25) is 0 Å². The van der Waals surface area contributed by atoms with Crippen LogP contribution in [0.15, 0.2) is 137 Å². The molecule has 0 saturated carbocycles. The zero-order valence-corrected chi connectivity index (χ0v) is 20.9. The summed E-state index contributed by atoms with van der Waals surface area (Å²) >= 11 is 3.51. The Morgan fingerprint density at radius 3 is 1.81 bits per heavy atom. The van der Waals surface area contributed by atoms with Gasteiger partial charge in [-0.15, -0.1) is 0 Å². The molecule has 0 spiro atoms. The highest BCUT2D eigenvalue weighted by molar-refractivity contribution is 9.10. The van der Waals surface area contributed by atoms with Crippen LogP contribution in [-0.4, -0.2) is 9.55 Å². The van der Waals surface area contributed by atoms with E-state index in [4.69, 9.17) is 4.98 Å². The molecule has 0 atom stereocenters. The molecule has 36 heavy (non-hydrogen) atoms. The van der Waals surface area contributed by atoms with Crippen molar-refractivity contribution in [3.8, 4) is 39.3 Å². The van der Waals surface area contributed by atoms with Gasteiger partial charge in [-0.25, -0.2) is 4.98 Å². The molecule has 6 aromatic rings. The first kappa shape index (κ1) is 22.2. The molecule has 172 valence electrons. The Morgan fingerprint density at radius 2 is 1.14 bits per heavy atom. The summed E-state index contributed by atoms with van der Waals surface area (Å²) in [5, 5.41) is 0.585. The SMILES string of the molecule is O=c1c2cc(-c3ccccc3)ccc2nc(-c2ccc(Br)cc2)n1-c1cccc(-c2ccccc2)c1. The molecule has 0 unspecified atom stereocenters. The molecular formula is C32H21BrN2O. The van der Waals surface area contributed by atoms with Gasteiger partial charge in [-0.2, -0.15) is 0 Å². The number of benzene rings is 5. The van der Waals surface area contributed by atoms with Crippen LogP contribution in [0.1, 0.15) is 0 Å². The summed E-state index contributed by atoms with van der Waals surface area (Å²) in [4.78, 5) is 19.1. The Hall–Kier alpha value is -4.28. The van der Waals surface area contributed by atoms with Crippen molar-refractivity contribution in [2.45, 2.75) is 0 Å². The van der Waals surface area contributed by atoms with Crippen LogP contribution in [0.4, 0.5) is 0 Å². The second-order valence-corrected chi connectivity index (χ2v) is 9.51. The summed E-state index contributed by atoms with van der Waals surface area (Å²) in [7, 11) is 0. The second kappa shape index (κ2) is 9.40. The summed E-state index contributed by atoms with van der Waals surface area (Å²) in [5.41, 5.74) is 6.41. The third-order valence-corrected chi connectivity index (χ3v) is 6.82. The van der Waals surface area contributed by atoms with Crippen molar-refractivity contribution < 1.29 is 0 Å². The van der Waals surface area contributed by atoms with Gasteiger partial charge in [-0.1, -0.05) is 107 Å². The zero-order valence-electron chi connectivity index (χ0n) is 19.3. The van der Waals surface area contributed by atoms with Crippen LogP contribution in [-0.2, 0) is 0 Å². The second-order valence-electron chi connectivity index (χ2n) is 8.60. The van der Waals surface area contributed by atoms with Crippen LogP contribution in [0.25, 0.3) is 50.2 Å². The summed E-state index contributed by atoms with van der Waals surface area (Å²) in [5.74, 6) is 0.609. The lowest BCUT2D eigenvalue weighted by atomic mass is 10.0. The van der Waals surface area contributed by atoms with E-state index in [-0.39, 0.29) is 5.56 Å². The highest BCUT2D eigenvalue weighted by atomic mass is 79.9. The fourth-order valence-electron chi connectivity index (χ4n) is 4.48. The van der Waals surface area contributed by atoms with Gasteiger partial charge in [0.25, 0.3) is 5.56 Å². The number of aromatic nitrogens is 2. The van der Waals surface area contributed by atoms with E-state index >= 15 is 0 Å². The van der Waals surface area contributed by atoms with Crippen molar-refractivity contribution in [3.05, 3.63) is 142 Å². The highest BCUT2D eigenvalue weighted by Crippen LogP contribution is 2.28. The predicted octanol–water partition coefficient (Wildman–Crippen LogP) is 8.15. The average Bonchev–Trinajstić information content (AvgIpc) is 2.94. The first-order valence-corrected chi connectivity index (χ1v) is 12.5. The topological polar surface area (TPSA) is 34.9 Å². The largest absolute Gasteiger partial charge is 0.268 e. The number of nitrogens with zero attached hydrogens (tertiary/aromatic N) is 2. The molecule has 3 nitrogen and oxygen atoms in total. The molecule has 0 fully saturated rings. The quantitative estimate of drug-likeness (QED) is 0.231. The molecule has 0 aliphatic heterocycles. The molecule has 5 aromatic carbocycles. The third kappa shape index (κ3) is 4.16. The molecule has 0 amide bonds. The molecule has 1 aromatic heterocycles. The fourth-order valence-corrected chi connectivity index (χ4v) is 4.75. The van der Waals surface area contributed by atoms with Crippen LogP contribution in [0.3, 0.4) is 0 Å². The van der Waals surface area contributed by atoms with Crippen LogP contribution in [0.5, 0.6) is 0 Å². The summed E-state index contributed by atoms with van der Waals surface area (Å²) in [6.07, 6.45) is 0. The van der Waals surface area contributed by atoms with Crippen molar-refractivity contribution in [3.63, 3.8) is 0 Å². The molecule has 0 bridgehead atoms. The van der Waals surface area contributed by atoms with Gasteiger partial charge in [0.15, 0.2) is 0 Å². The van der Waals surface area contributed by atoms with Crippen LogP contribution >= 0.6 is 15.9 Å². The smallest absolute Gasteiger partial charge is 0.266 e. The summed E-state index contributed by atoms with van der Waals surface area (Å²) < 4.78 is 2.70. The van der Waals surface area contributed by atoms with E-state index in [2.05, 4.69) is 34.1 Å². The Bertz CT molecular complexity index is 1740. The highest BCUT2D eigenvalue weighted by Gasteiger charge is 2.16. The van der Waals surface area contributed by atoms with E-state index in [9.17, 15) is 4.79 Å². The Labute approximate surface area is 217 Å². The Balaban J connectivity index is 1.62. The van der Waals surface area contributed by atoms with Crippen molar-refractivity contribution in [2.75, 3.05) is 0 Å². The minimum Gasteiger partial charge on any atom is -0.268 e.